The summed E-state index contributed by atoms with van der Waals surface area (Å²) in [5.74, 6) is 1.15. The second-order valence-electron chi connectivity index (χ2n) is 5.33. The highest BCUT2D eigenvalue weighted by atomic mass is 35.5. The van der Waals surface area contributed by atoms with Crippen LogP contribution < -0.4 is 5.32 Å². The first kappa shape index (κ1) is 14.9. The number of nitrogens with zero attached hydrogens (tertiary/aromatic N) is 2. The van der Waals surface area contributed by atoms with Crippen molar-refractivity contribution in [3.63, 3.8) is 0 Å². The van der Waals surface area contributed by atoms with Gasteiger partial charge in [-0.2, -0.15) is 0 Å². The number of nitrogens with one attached hydrogen (secondary N) is 1. The van der Waals surface area contributed by atoms with Crippen molar-refractivity contribution >= 4 is 23.4 Å². The van der Waals surface area contributed by atoms with Gasteiger partial charge in [0, 0.05) is 35.2 Å². The Morgan fingerprint density at radius 3 is 3.24 bits per heavy atom. The fraction of sp³-hybridized carbons (Fsp3) is 0.438. The topological polar surface area (TPSA) is 29.9 Å². The molecule has 1 aromatic heterocycles. The van der Waals surface area contributed by atoms with Crippen LogP contribution in [0.2, 0.25) is 5.02 Å². The van der Waals surface area contributed by atoms with Crippen molar-refractivity contribution in [2.45, 2.75) is 43.8 Å². The molecule has 0 saturated carbocycles. The average Bonchev–Trinajstić information content (AvgIpc) is 2.93. The van der Waals surface area contributed by atoms with E-state index >= 15 is 0 Å². The minimum Gasteiger partial charge on any atom is -0.333 e. The van der Waals surface area contributed by atoms with E-state index in [-0.39, 0.29) is 0 Å². The number of thioether (sulfide) groups is 1. The number of halogens is 1. The molecule has 5 heteroatoms. The zero-order valence-corrected chi connectivity index (χ0v) is 13.8. The van der Waals surface area contributed by atoms with E-state index in [1.165, 1.54) is 16.2 Å². The van der Waals surface area contributed by atoms with Crippen LogP contribution in [0.4, 0.5) is 0 Å². The quantitative estimate of drug-likeness (QED) is 0.891. The number of imidazole rings is 1. The van der Waals surface area contributed by atoms with E-state index in [2.05, 4.69) is 33.9 Å². The number of aryl methyl sites for hydroxylation is 1. The third-order valence-corrected chi connectivity index (χ3v) is 5.16. The van der Waals surface area contributed by atoms with E-state index in [0.29, 0.717) is 6.04 Å². The molecule has 0 radical (unpaired) electrons. The summed E-state index contributed by atoms with van der Waals surface area (Å²) in [6, 6.07) is 6.60. The Morgan fingerprint density at radius 1 is 1.48 bits per heavy atom. The Kier molecular flexibility index (Phi) is 4.88. The van der Waals surface area contributed by atoms with Crippen LogP contribution in [0.3, 0.4) is 0 Å². The maximum absolute atomic E-state index is 6.16. The van der Waals surface area contributed by atoms with Crippen molar-refractivity contribution in [1.29, 1.82) is 0 Å². The van der Waals surface area contributed by atoms with Gasteiger partial charge in [0.2, 0.25) is 0 Å². The Bertz CT molecular complexity index is 611. The molecule has 0 saturated heterocycles. The molecule has 1 aliphatic heterocycles. The van der Waals surface area contributed by atoms with E-state index in [4.69, 9.17) is 11.6 Å². The van der Waals surface area contributed by atoms with Gasteiger partial charge in [-0.15, -0.1) is 11.8 Å². The molecule has 1 aromatic carbocycles. The predicted octanol–water partition coefficient (Wildman–Crippen LogP) is 4.27. The van der Waals surface area contributed by atoms with E-state index in [1.807, 2.05) is 30.4 Å². The second kappa shape index (κ2) is 6.86. The van der Waals surface area contributed by atoms with Gasteiger partial charge < -0.3 is 9.88 Å². The van der Waals surface area contributed by atoms with Crippen molar-refractivity contribution in [3.8, 4) is 0 Å². The molecule has 0 spiro atoms. The number of fused-ring (bicyclic) bond motifs is 1. The number of hydrogen-bond donors (Lipinski definition) is 1. The van der Waals surface area contributed by atoms with Crippen molar-refractivity contribution in [1.82, 2.24) is 14.9 Å². The van der Waals surface area contributed by atoms with Gasteiger partial charge in [-0.1, -0.05) is 18.5 Å². The van der Waals surface area contributed by atoms with Gasteiger partial charge in [0.05, 0.1) is 12.0 Å². The fourth-order valence-electron chi connectivity index (χ4n) is 2.74. The fourth-order valence-corrected chi connectivity index (χ4v) is 4.03. The number of aromatic nitrogens is 2. The molecule has 3 nitrogen and oxygen atoms in total. The molecule has 0 amide bonds. The highest BCUT2D eigenvalue weighted by Gasteiger charge is 2.20. The van der Waals surface area contributed by atoms with Gasteiger partial charge >= 0.3 is 0 Å². The molecular formula is C16H20ClN3S. The van der Waals surface area contributed by atoms with Crippen molar-refractivity contribution in [3.05, 3.63) is 47.0 Å². The first-order valence-electron chi connectivity index (χ1n) is 7.42. The van der Waals surface area contributed by atoms with Crippen LogP contribution in [0.5, 0.6) is 0 Å². The van der Waals surface area contributed by atoms with E-state index in [9.17, 15) is 0 Å². The number of rotatable bonds is 5. The normalized spacial score (nSPS) is 17.7. The third kappa shape index (κ3) is 3.44. The molecular weight excluding hydrogens is 302 g/mol. The first-order chi connectivity index (χ1) is 10.3. The summed E-state index contributed by atoms with van der Waals surface area (Å²) < 4.78 is 2.23. The Hall–Kier alpha value is -0.970. The average molecular weight is 322 g/mol. The van der Waals surface area contributed by atoms with E-state index < -0.39 is 0 Å². The molecule has 21 heavy (non-hydrogen) atoms. The predicted molar refractivity (Wildman–Crippen MR) is 88.9 cm³/mol. The third-order valence-electron chi connectivity index (χ3n) is 3.80. The van der Waals surface area contributed by atoms with Crippen LogP contribution in [-0.4, -0.2) is 15.3 Å². The summed E-state index contributed by atoms with van der Waals surface area (Å²) in [6.45, 7) is 4.06. The second-order valence-corrected chi connectivity index (χ2v) is 6.90. The van der Waals surface area contributed by atoms with Crippen LogP contribution in [-0.2, 0) is 13.1 Å². The zero-order valence-electron chi connectivity index (χ0n) is 12.2. The molecule has 1 aliphatic rings. The minimum atomic E-state index is 0.380. The highest BCUT2D eigenvalue weighted by molar-refractivity contribution is 7.99. The first-order valence-corrected chi connectivity index (χ1v) is 8.79. The van der Waals surface area contributed by atoms with E-state index in [1.54, 1.807) is 0 Å². The lowest BCUT2D eigenvalue weighted by Crippen LogP contribution is -2.25. The van der Waals surface area contributed by atoms with Crippen molar-refractivity contribution in [2.24, 2.45) is 0 Å². The van der Waals surface area contributed by atoms with Crippen LogP contribution in [0.15, 0.2) is 35.6 Å². The van der Waals surface area contributed by atoms with Crippen LogP contribution >= 0.6 is 23.4 Å². The number of benzene rings is 1. The molecule has 1 unspecified atom stereocenters. The van der Waals surface area contributed by atoms with E-state index in [0.717, 1.165) is 36.7 Å². The molecule has 1 atom stereocenters. The Labute approximate surface area is 135 Å². The van der Waals surface area contributed by atoms with Crippen LogP contribution in [0, 0.1) is 0 Å². The molecule has 0 bridgehead atoms. The Balaban J connectivity index is 1.72. The summed E-state index contributed by atoms with van der Waals surface area (Å²) >= 11 is 8.08. The standard InChI is InChI=1S/C16H20ClN3S/c1-2-6-20-11-18-9-13(20)10-19-15-5-7-21-16-4-3-12(17)8-14(15)16/h3-4,8-9,11,15,19H,2,5-7,10H2,1H3. The number of hydrogen-bond acceptors (Lipinski definition) is 3. The Morgan fingerprint density at radius 2 is 2.38 bits per heavy atom. The van der Waals surface area contributed by atoms with Gasteiger partial charge in [-0.05, 0) is 42.4 Å². The van der Waals surface area contributed by atoms with Gasteiger partial charge in [0.15, 0.2) is 0 Å². The summed E-state index contributed by atoms with van der Waals surface area (Å²) in [4.78, 5) is 5.61. The monoisotopic (exact) mass is 321 g/mol. The summed E-state index contributed by atoms with van der Waals surface area (Å²) in [5.41, 5.74) is 2.58. The maximum Gasteiger partial charge on any atom is 0.0948 e. The van der Waals surface area contributed by atoms with Gasteiger partial charge in [0.1, 0.15) is 0 Å². The molecule has 0 aliphatic carbocycles. The summed E-state index contributed by atoms with van der Waals surface area (Å²) in [7, 11) is 0. The minimum absolute atomic E-state index is 0.380. The summed E-state index contributed by atoms with van der Waals surface area (Å²) in [5, 5.41) is 4.49. The zero-order chi connectivity index (χ0) is 14.7. The molecule has 0 fully saturated rings. The van der Waals surface area contributed by atoms with Crippen LogP contribution in [0.25, 0.3) is 0 Å². The maximum atomic E-state index is 6.16. The van der Waals surface area contributed by atoms with Gasteiger partial charge in [0.25, 0.3) is 0 Å². The highest BCUT2D eigenvalue weighted by Crippen LogP contribution is 2.37. The van der Waals surface area contributed by atoms with Gasteiger partial charge in [-0.3, -0.25) is 0 Å². The largest absolute Gasteiger partial charge is 0.333 e. The molecule has 3 rings (SSSR count). The smallest absolute Gasteiger partial charge is 0.0948 e. The van der Waals surface area contributed by atoms with Crippen molar-refractivity contribution in [2.75, 3.05) is 5.75 Å². The molecule has 2 aromatic rings. The molecule has 1 N–H and O–H groups in total. The van der Waals surface area contributed by atoms with Crippen molar-refractivity contribution < 1.29 is 0 Å². The lowest BCUT2D eigenvalue weighted by molar-refractivity contribution is 0.493. The van der Waals surface area contributed by atoms with Gasteiger partial charge in [-0.25, -0.2) is 4.98 Å². The summed E-state index contributed by atoms with van der Waals surface area (Å²) in [6.07, 6.45) is 6.14. The van der Waals surface area contributed by atoms with Crippen LogP contribution in [0.1, 0.15) is 37.1 Å². The lowest BCUT2D eigenvalue weighted by Gasteiger charge is -2.26. The molecule has 112 valence electrons. The molecule has 2 heterocycles. The SMILES string of the molecule is CCCn1cncc1CNC1CCSc2ccc(Cl)cc21. The lowest BCUT2D eigenvalue weighted by atomic mass is 10.0.